The highest BCUT2D eigenvalue weighted by atomic mass is 16.2. The largest absolute Gasteiger partial charge is 0.300 e. The molecular weight excluding hydrogens is 348 g/mol. The van der Waals surface area contributed by atoms with Gasteiger partial charge < -0.3 is 4.90 Å². The highest BCUT2D eigenvalue weighted by molar-refractivity contribution is 6.15. The molecule has 4 heteroatoms. The summed E-state index contributed by atoms with van der Waals surface area (Å²) in [6, 6.07) is 24.1. The second-order valence-electron chi connectivity index (χ2n) is 7.08. The summed E-state index contributed by atoms with van der Waals surface area (Å²) in [7, 11) is 0. The number of amides is 2. The summed E-state index contributed by atoms with van der Waals surface area (Å²) in [5.74, 6) is -0.186. The maximum Gasteiger partial charge on any atom is 0.255 e. The van der Waals surface area contributed by atoms with Gasteiger partial charge >= 0.3 is 0 Å². The van der Waals surface area contributed by atoms with E-state index in [2.05, 4.69) is 0 Å². The van der Waals surface area contributed by atoms with Crippen molar-refractivity contribution in [1.29, 1.82) is 0 Å². The van der Waals surface area contributed by atoms with E-state index in [1.54, 1.807) is 9.80 Å². The average molecular weight is 370 g/mol. The van der Waals surface area contributed by atoms with Crippen molar-refractivity contribution < 1.29 is 9.59 Å². The summed E-state index contributed by atoms with van der Waals surface area (Å²) in [6.45, 7) is 3.98. The molecule has 3 aromatic rings. The van der Waals surface area contributed by atoms with Crippen LogP contribution in [0.1, 0.15) is 22.7 Å². The standard InChI is InChI=1S/C24H22N2O2/c1-17-10-9-11-18(2)22(17)25-16-21(27)26(20-14-7-4-8-15-20)23(24(25)28)19-12-5-3-6-13-19/h3-15,23H,16H2,1-2H3/t23-/m0/s1. The first kappa shape index (κ1) is 18.0. The fourth-order valence-corrected chi connectivity index (χ4v) is 3.92. The van der Waals surface area contributed by atoms with Crippen molar-refractivity contribution in [3.63, 3.8) is 0 Å². The van der Waals surface area contributed by atoms with Gasteiger partial charge in [0.05, 0.1) is 5.69 Å². The van der Waals surface area contributed by atoms with Crippen LogP contribution in [0.3, 0.4) is 0 Å². The van der Waals surface area contributed by atoms with Crippen molar-refractivity contribution in [1.82, 2.24) is 0 Å². The Hall–Kier alpha value is -3.40. The number of carbonyl (C=O) groups excluding carboxylic acids is 2. The number of nitrogens with zero attached hydrogens (tertiary/aromatic N) is 2. The number of aryl methyl sites for hydroxylation is 2. The van der Waals surface area contributed by atoms with Crippen LogP contribution in [0.4, 0.5) is 11.4 Å². The van der Waals surface area contributed by atoms with Crippen molar-refractivity contribution in [3.05, 3.63) is 95.6 Å². The number of benzene rings is 3. The van der Waals surface area contributed by atoms with Crippen molar-refractivity contribution in [2.45, 2.75) is 19.9 Å². The Kier molecular flexibility index (Phi) is 4.70. The van der Waals surface area contributed by atoms with E-state index in [-0.39, 0.29) is 18.4 Å². The summed E-state index contributed by atoms with van der Waals surface area (Å²) in [6.07, 6.45) is 0. The fraction of sp³-hybridized carbons (Fsp3) is 0.167. The molecule has 0 unspecified atom stereocenters. The van der Waals surface area contributed by atoms with Gasteiger partial charge in [0.25, 0.3) is 5.91 Å². The lowest BCUT2D eigenvalue weighted by Crippen LogP contribution is -2.56. The molecule has 1 aliphatic rings. The third-order valence-electron chi connectivity index (χ3n) is 5.18. The highest BCUT2D eigenvalue weighted by Gasteiger charge is 2.42. The molecule has 0 aromatic heterocycles. The maximum absolute atomic E-state index is 13.7. The van der Waals surface area contributed by atoms with E-state index >= 15 is 0 Å². The van der Waals surface area contributed by atoms with Crippen LogP contribution in [0.2, 0.25) is 0 Å². The molecule has 0 aliphatic carbocycles. The van der Waals surface area contributed by atoms with Crippen LogP contribution in [-0.2, 0) is 9.59 Å². The zero-order valence-electron chi connectivity index (χ0n) is 16.0. The Morgan fingerprint density at radius 1 is 0.750 bits per heavy atom. The molecule has 0 radical (unpaired) electrons. The minimum Gasteiger partial charge on any atom is -0.300 e. The first-order chi connectivity index (χ1) is 13.6. The van der Waals surface area contributed by atoms with E-state index in [9.17, 15) is 9.59 Å². The average Bonchev–Trinajstić information content (AvgIpc) is 2.71. The molecule has 1 heterocycles. The second kappa shape index (κ2) is 7.31. The highest BCUT2D eigenvalue weighted by Crippen LogP contribution is 2.36. The van der Waals surface area contributed by atoms with Crippen LogP contribution in [0.15, 0.2) is 78.9 Å². The second-order valence-corrected chi connectivity index (χ2v) is 7.08. The smallest absolute Gasteiger partial charge is 0.255 e. The van der Waals surface area contributed by atoms with Crippen LogP contribution in [0.5, 0.6) is 0 Å². The Morgan fingerprint density at radius 3 is 1.93 bits per heavy atom. The zero-order chi connectivity index (χ0) is 19.7. The molecule has 3 aromatic carbocycles. The van der Waals surface area contributed by atoms with Crippen molar-refractivity contribution in [3.8, 4) is 0 Å². The first-order valence-corrected chi connectivity index (χ1v) is 9.37. The van der Waals surface area contributed by atoms with Gasteiger partial charge in [-0.2, -0.15) is 0 Å². The van der Waals surface area contributed by atoms with Gasteiger partial charge in [-0.25, -0.2) is 0 Å². The normalized spacial score (nSPS) is 17.1. The van der Waals surface area contributed by atoms with Gasteiger partial charge in [0.15, 0.2) is 0 Å². The maximum atomic E-state index is 13.7. The lowest BCUT2D eigenvalue weighted by molar-refractivity contribution is -0.128. The van der Waals surface area contributed by atoms with E-state index in [1.807, 2.05) is 92.7 Å². The molecule has 4 rings (SSSR count). The predicted octanol–water partition coefficient (Wildman–Crippen LogP) is 4.42. The fourth-order valence-electron chi connectivity index (χ4n) is 3.92. The molecule has 0 bridgehead atoms. The Labute approximate surface area is 165 Å². The molecule has 28 heavy (non-hydrogen) atoms. The minimum atomic E-state index is -0.691. The first-order valence-electron chi connectivity index (χ1n) is 9.37. The number of piperazine rings is 1. The minimum absolute atomic E-state index is 0.0305. The molecule has 0 N–H and O–H groups in total. The quantitative estimate of drug-likeness (QED) is 0.685. The Bertz CT molecular complexity index is 995. The number of anilines is 2. The summed E-state index contributed by atoms with van der Waals surface area (Å²) in [4.78, 5) is 30.2. The molecule has 0 spiro atoms. The lowest BCUT2D eigenvalue weighted by atomic mass is 9.98. The lowest BCUT2D eigenvalue weighted by Gasteiger charge is -2.41. The molecule has 4 nitrogen and oxygen atoms in total. The third-order valence-corrected chi connectivity index (χ3v) is 5.18. The molecular formula is C24H22N2O2. The van der Waals surface area contributed by atoms with Gasteiger partial charge in [0, 0.05) is 5.69 Å². The number of para-hydroxylation sites is 2. The summed E-state index contributed by atoms with van der Waals surface area (Å²) in [5.41, 5.74) is 4.34. The van der Waals surface area contributed by atoms with Crippen molar-refractivity contribution in [2.75, 3.05) is 16.3 Å². The molecule has 1 atom stereocenters. The van der Waals surface area contributed by atoms with Crippen molar-refractivity contribution >= 4 is 23.2 Å². The number of hydrogen-bond acceptors (Lipinski definition) is 2. The van der Waals surface area contributed by atoms with Gasteiger partial charge in [-0.1, -0.05) is 66.7 Å². The molecule has 1 saturated heterocycles. The third kappa shape index (κ3) is 3.07. The van der Waals surface area contributed by atoms with Gasteiger partial charge in [0.1, 0.15) is 12.6 Å². The zero-order valence-corrected chi connectivity index (χ0v) is 16.0. The van der Waals surface area contributed by atoms with E-state index in [4.69, 9.17) is 0 Å². The van der Waals surface area contributed by atoms with E-state index < -0.39 is 6.04 Å². The van der Waals surface area contributed by atoms with Gasteiger partial charge in [0.2, 0.25) is 5.91 Å². The predicted molar refractivity (Wildman–Crippen MR) is 111 cm³/mol. The topological polar surface area (TPSA) is 40.6 Å². The van der Waals surface area contributed by atoms with Crippen molar-refractivity contribution in [2.24, 2.45) is 0 Å². The van der Waals surface area contributed by atoms with Gasteiger partial charge in [-0.3, -0.25) is 14.5 Å². The Balaban J connectivity index is 1.85. The van der Waals surface area contributed by atoms with Crippen LogP contribution in [0.25, 0.3) is 0 Å². The molecule has 140 valence electrons. The van der Waals surface area contributed by atoms with E-state index in [0.717, 1.165) is 28.1 Å². The summed E-state index contributed by atoms with van der Waals surface area (Å²) in [5, 5.41) is 0. The van der Waals surface area contributed by atoms with Gasteiger partial charge in [-0.15, -0.1) is 0 Å². The van der Waals surface area contributed by atoms with Crippen LogP contribution < -0.4 is 9.80 Å². The number of rotatable bonds is 3. The van der Waals surface area contributed by atoms with Crippen LogP contribution in [-0.4, -0.2) is 18.4 Å². The molecule has 0 saturated carbocycles. The summed E-state index contributed by atoms with van der Waals surface area (Å²) >= 11 is 0. The molecule has 2 amide bonds. The van der Waals surface area contributed by atoms with Gasteiger partial charge in [-0.05, 0) is 42.7 Å². The molecule has 1 aliphatic heterocycles. The van der Waals surface area contributed by atoms with Crippen LogP contribution in [0, 0.1) is 13.8 Å². The SMILES string of the molecule is Cc1cccc(C)c1N1CC(=O)N(c2ccccc2)[C@@H](c2ccccc2)C1=O. The Morgan fingerprint density at radius 2 is 1.32 bits per heavy atom. The van der Waals surface area contributed by atoms with Crippen LogP contribution >= 0.6 is 0 Å². The van der Waals surface area contributed by atoms with E-state index in [0.29, 0.717) is 0 Å². The number of carbonyl (C=O) groups is 2. The van der Waals surface area contributed by atoms with E-state index in [1.165, 1.54) is 0 Å². The summed E-state index contributed by atoms with van der Waals surface area (Å²) < 4.78 is 0. The number of hydrogen-bond donors (Lipinski definition) is 0. The monoisotopic (exact) mass is 370 g/mol. The molecule has 1 fully saturated rings.